The molecule has 0 fully saturated rings. The largest absolute Gasteiger partial charge is 0.326 e. The quantitative estimate of drug-likeness (QED) is 0.210. The van der Waals surface area contributed by atoms with Crippen LogP contribution in [0.5, 0.6) is 0 Å². The normalized spacial score (nSPS) is 13.7. The standard InChI is InChI=1S/C27H26Br2ClN5O3S/c1-4-32-23-14-19(28)20(29)15-24(23)33(5-2)26(32)9-7-10-27-34(6-3)25-16-21(30)18(17-31)13-22(25)35(27)11-8-12-39(36,37)38/h7-10,12-16H,4-6,11H2,1-3H3/p+1/b12-8+. The van der Waals surface area contributed by atoms with E-state index in [1.807, 2.05) is 28.2 Å². The van der Waals surface area contributed by atoms with Crippen LogP contribution in [-0.2, 0) is 23.2 Å². The van der Waals surface area contributed by atoms with Gasteiger partial charge in [-0.3, -0.25) is 4.55 Å². The van der Waals surface area contributed by atoms with Crippen molar-refractivity contribution in [1.82, 2.24) is 4.57 Å². The summed E-state index contributed by atoms with van der Waals surface area (Å²) in [5.74, 6) is 1.81. The van der Waals surface area contributed by atoms with Gasteiger partial charge in [0.25, 0.3) is 15.9 Å². The highest BCUT2D eigenvalue weighted by molar-refractivity contribution is 9.13. The molecule has 8 nitrogen and oxygen atoms in total. The molecule has 4 rings (SSSR count). The van der Waals surface area contributed by atoms with E-state index in [-0.39, 0.29) is 6.54 Å². The summed E-state index contributed by atoms with van der Waals surface area (Å²) in [6, 6.07) is 9.77. The fourth-order valence-electron chi connectivity index (χ4n) is 4.85. The lowest BCUT2D eigenvalue weighted by Crippen LogP contribution is -2.36. The number of aryl methyl sites for hydroxylation is 1. The molecule has 0 unspecified atom stereocenters. The second kappa shape index (κ2) is 11.9. The number of allylic oxidation sites excluding steroid dienone is 3. The van der Waals surface area contributed by atoms with Gasteiger partial charge in [-0.25, -0.2) is 9.13 Å². The first-order valence-corrected chi connectivity index (χ1v) is 15.7. The van der Waals surface area contributed by atoms with Crippen LogP contribution in [0.1, 0.15) is 32.2 Å². The predicted octanol–water partition coefficient (Wildman–Crippen LogP) is 6.62. The van der Waals surface area contributed by atoms with Crippen molar-refractivity contribution in [2.45, 2.75) is 33.9 Å². The average Bonchev–Trinajstić information content (AvgIpc) is 3.33. The highest BCUT2D eigenvalue weighted by Gasteiger charge is 2.30. The Balaban J connectivity index is 1.85. The van der Waals surface area contributed by atoms with Gasteiger partial charge in [0, 0.05) is 40.2 Å². The molecule has 204 valence electrons. The number of aromatic nitrogens is 2. The van der Waals surface area contributed by atoms with Crippen molar-refractivity contribution in [3.8, 4) is 6.07 Å². The first-order valence-electron chi connectivity index (χ1n) is 12.3. The minimum atomic E-state index is -4.28. The lowest BCUT2D eigenvalue weighted by molar-refractivity contribution is -0.663. The van der Waals surface area contributed by atoms with Crippen molar-refractivity contribution in [3.05, 3.63) is 79.1 Å². The van der Waals surface area contributed by atoms with Crippen LogP contribution in [0.3, 0.4) is 0 Å². The number of nitriles is 1. The summed E-state index contributed by atoms with van der Waals surface area (Å²) in [4.78, 5) is 4.50. The van der Waals surface area contributed by atoms with E-state index < -0.39 is 10.1 Å². The number of hydrogen-bond acceptors (Lipinski definition) is 5. The van der Waals surface area contributed by atoms with E-state index in [0.717, 1.165) is 61.5 Å². The Morgan fingerprint density at radius 2 is 1.67 bits per heavy atom. The van der Waals surface area contributed by atoms with Crippen LogP contribution in [0, 0.1) is 11.3 Å². The fourth-order valence-corrected chi connectivity index (χ4v) is 6.04. The fraction of sp³-hybridized carbons (Fsp3) is 0.259. The zero-order valence-corrected chi connectivity index (χ0v) is 26.3. The Kier molecular flexibility index (Phi) is 8.93. The Morgan fingerprint density at radius 3 is 2.18 bits per heavy atom. The number of anilines is 2. The van der Waals surface area contributed by atoms with E-state index in [1.54, 1.807) is 12.1 Å². The van der Waals surface area contributed by atoms with E-state index in [9.17, 15) is 18.2 Å². The van der Waals surface area contributed by atoms with Crippen molar-refractivity contribution in [1.29, 1.82) is 5.26 Å². The van der Waals surface area contributed by atoms with E-state index in [4.69, 9.17) is 11.6 Å². The SMILES string of the molecule is CCN1C(=C/C=C/c2n(CC)c3cc(Cl)c(C#N)cc3[n+]2C/C=C/S(=O)(=O)O)N(CC)c2cc(Br)c(Br)cc21. The van der Waals surface area contributed by atoms with E-state index in [1.165, 1.54) is 6.08 Å². The van der Waals surface area contributed by atoms with Gasteiger partial charge >= 0.3 is 0 Å². The molecule has 0 spiro atoms. The second-order valence-corrected chi connectivity index (χ2v) is 12.1. The third kappa shape index (κ3) is 5.81. The number of imidazole rings is 1. The van der Waals surface area contributed by atoms with Gasteiger partial charge in [-0.15, -0.1) is 0 Å². The summed E-state index contributed by atoms with van der Waals surface area (Å²) in [5.41, 5.74) is 4.07. The smallest absolute Gasteiger partial charge is 0.287 e. The van der Waals surface area contributed by atoms with Crippen LogP contribution in [0.4, 0.5) is 11.4 Å². The highest BCUT2D eigenvalue weighted by Crippen LogP contribution is 2.45. The summed E-state index contributed by atoms with van der Waals surface area (Å²) in [7, 11) is -4.28. The van der Waals surface area contributed by atoms with E-state index in [0.29, 0.717) is 17.1 Å². The number of halogens is 3. The molecule has 0 amide bonds. The molecule has 0 bridgehead atoms. The summed E-state index contributed by atoms with van der Waals surface area (Å²) < 4.78 is 37.7. The van der Waals surface area contributed by atoms with E-state index in [2.05, 4.69) is 79.8 Å². The Bertz CT molecular complexity index is 1650. The monoisotopic (exact) mass is 694 g/mol. The second-order valence-electron chi connectivity index (χ2n) is 8.66. The molecule has 0 saturated carbocycles. The predicted molar refractivity (Wildman–Crippen MR) is 163 cm³/mol. The zero-order chi connectivity index (χ0) is 28.5. The maximum Gasteiger partial charge on any atom is 0.287 e. The van der Waals surface area contributed by atoms with Crippen LogP contribution in [-0.4, -0.2) is 30.6 Å². The molecule has 12 heteroatoms. The van der Waals surface area contributed by atoms with Gasteiger partial charge in [0.05, 0.1) is 33.9 Å². The van der Waals surface area contributed by atoms with E-state index >= 15 is 0 Å². The topological polar surface area (TPSA) is 93.5 Å². The molecule has 0 radical (unpaired) electrons. The highest BCUT2D eigenvalue weighted by atomic mass is 79.9. The summed E-state index contributed by atoms with van der Waals surface area (Å²) in [6.07, 6.45) is 7.34. The first kappa shape index (κ1) is 29.4. The van der Waals surface area contributed by atoms with Gasteiger partial charge in [-0.2, -0.15) is 13.7 Å². The molecular formula is C27H27Br2ClN5O3S+. The van der Waals surface area contributed by atoms with Crippen LogP contribution in [0.25, 0.3) is 17.1 Å². The number of hydrogen-bond donors (Lipinski definition) is 1. The van der Waals surface area contributed by atoms with Gasteiger partial charge in [-0.1, -0.05) is 17.7 Å². The zero-order valence-electron chi connectivity index (χ0n) is 21.6. The number of rotatable bonds is 8. The molecule has 1 N–H and O–H groups in total. The van der Waals surface area contributed by atoms with Gasteiger partial charge in [0.2, 0.25) is 0 Å². The lowest BCUT2D eigenvalue weighted by Gasteiger charge is -2.23. The van der Waals surface area contributed by atoms with Crippen LogP contribution in [0.15, 0.2) is 62.7 Å². The molecule has 1 aliphatic heterocycles. The van der Waals surface area contributed by atoms with Crippen molar-refractivity contribution >= 4 is 82.1 Å². The van der Waals surface area contributed by atoms with Crippen molar-refractivity contribution in [2.24, 2.45) is 0 Å². The molecular weight excluding hydrogens is 670 g/mol. The minimum absolute atomic E-state index is 0.154. The third-order valence-corrected chi connectivity index (χ3v) is 9.16. The molecule has 1 aromatic heterocycles. The first-order chi connectivity index (χ1) is 18.5. The van der Waals surface area contributed by atoms with Gasteiger partial charge in [0.15, 0.2) is 11.0 Å². The molecule has 3 aromatic rings. The lowest BCUT2D eigenvalue weighted by atomic mass is 10.2. The molecule has 2 aromatic carbocycles. The van der Waals surface area contributed by atoms with Crippen LogP contribution >= 0.6 is 43.5 Å². The van der Waals surface area contributed by atoms with Gasteiger partial charge in [-0.05, 0) is 76.9 Å². The maximum atomic E-state index is 11.3. The third-order valence-electron chi connectivity index (χ3n) is 6.47. The summed E-state index contributed by atoms with van der Waals surface area (Å²) in [5, 5.41) is 10.6. The Labute approximate surface area is 250 Å². The van der Waals surface area contributed by atoms with Crippen LogP contribution < -0.4 is 14.4 Å². The molecule has 0 aliphatic carbocycles. The Morgan fingerprint density at radius 1 is 1.05 bits per heavy atom. The molecule has 39 heavy (non-hydrogen) atoms. The molecule has 0 atom stereocenters. The summed E-state index contributed by atoms with van der Waals surface area (Å²) in [6.45, 7) is 8.54. The molecule has 2 heterocycles. The van der Waals surface area contributed by atoms with Gasteiger partial charge < -0.3 is 9.80 Å². The number of nitrogens with zero attached hydrogens (tertiary/aromatic N) is 5. The summed E-state index contributed by atoms with van der Waals surface area (Å²) >= 11 is 13.6. The van der Waals surface area contributed by atoms with Crippen molar-refractivity contribution < 1.29 is 17.5 Å². The van der Waals surface area contributed by atoms with Crippen molar-refractivity contribution in [2.75, 3.05) is 22.9 Å². The van der Waals surface area contributed by atoms with Gasteiger partial charge in [0.1, 0.15) is 18.4 Å². The minimum Gasteiger partial charge on any atom is -0.326 e. The molecule has 0 saturated heterocycles. The molecule has 1 aliphatic rings. The number of benzene rings is 2. The van der Waals surface area contributed by atoms with Crippen LogP contribution in [0.2, 0.25) is 5.02 Å². The van der Waals surface area contributed by atoms with Crippen molar-refractivity contribution in [3.63, 3.8) is 0 Å². The Hall–Kier alpha value is -2.62. The number of fused-ring (bicyclic) bond motifs is 2. The maximum absolute atomic E-state index is 11.3. The average molecular weight is 697 g/mol.